The van der Waals surface area contributed by atoms with Gasteiger partial charge in [0.1, 0.15) is 22.9 Å². The van der Waals surface area contributed by atoms with Gasteiger partial charge in [-0.15, -0.1) is 0 Å². The molecule has 2 aromatic carbocycles. The summed E-state index contributed by atoms with van der Waals surface area (Å²) in [6.45, 7) is 8.47. The fourth-order valence-electron chi connectivity index (χ4n) is 7.22. The lowest BCUT2D eigenvalue weighted by Crippen LogP contribution is -2.54. The van der Waals surface area contributed by atoms with Crippen LogP contribution in [0.4, 0.5) is 49.9 Å². The molecule has 22 heteroatoms. The van der Waals surface area contributed by atoms with Crippen LogP contribution in [0.1, 0.15) is 50.7 Å². The van der Waals surface area contributed by atoms with E-state index in [1.165, 1.54) is 59.9 Å². The molecule has 0 saturated heterocycles. The highest BCUT2D eigenvalue weighted by Crippen LogP contribution is 2.38. The molecule has 0 unspecified atom stereocenters. The molecule has 0 bridgehead atoms. The predicted octanol–water partition coefficient (Wildman–Crippen LogP) is 10.7. The molecule has 0 aliphatic rings. The van der Waals surface area contributed by atoms with E-state index < -0.39 is 58.2 Å². The van der Waals surface area contributed by atoms with Crippen molar-refractivity contribution >= 4 is 34.8 Å². The molecule has 6 aromatic heterocycles. The zero-order valence-corrected chi connectivity index (χ0v) is 40.0. The van der Waals surface area contributed by atoms with Gasteiger partial charge in [-0.3, -0.25) is 29.3 Å². The molecule has 4 amide bonds. The lowest BCUT2D eigenvalue weighted by Gasteiger charge is -2.35. The van der Waals surface area contributed by atoms with E-state index in [0.717, 1.165) is 24.3 Å². The number of anilines is 4. The van der Waals surface area contributed by atoms with Crippen LogP contribution in [0.2, 0.25) is 0 Å². The van der Waals surface area contributed by atoms with E-state index in [0.29, 0.717) is 56.8 Å². The molecule has 0 aliphatic heterocycles. The van der Waals surface area contributed by atoms with E-state index in [9.17, 15) is 14.7 Å². The Morgan fingerprint density at radius 1 is 0.616 bits per heavy atom. The Labute approximate surface area is 415 Å². The van der Waals surface area contributed by atoms with Crippen LogP contribution < -0.4 is 30.1 Å². The monoisotopic (exact) mass is 1000 g/mol. The van der Waals surface area contributed by atoms with Gasteiger partial charge >= 0.3 is 12.1 Å². The molecule has 73 heavy (non-hydrogen) atoms. The van der Waals surface area contributed by atoms with Crippen molar-refractivity contribution in [3.05, 3.63) is 157 Å². The Hall–Kier alpha value is -8.76. The van der Waals surface area contributed by atoms with Crippen molar-refractivity contribution < 1.29 is 46.5 Å². The maximum absolute atomic E-state index is 17.0. The SMILES string of the molecule is COCCn1cc(-c2cc(Oc3ccc(N(C(=O)Nc4cncc(C(C)C)c4)N(C(=O)Nc4cncc(C(C)C)c4)c4ccc(Oc5ccnc(-c6cnn(CCO)c6)c5)c(F)c4F)c(F)c3F)ccn2)cn1. The zero-order chi connectivity index (χ0) is 51.8. The van der Waals surface area contributed by atoms with Crippen molar-refractivity contribution in [3.63, 3.8) is 0 Å². The normalized spacial score (nSPS) is 11.2. The Kier molecular flexibility index (Phi) is 15.6. The quantitative estimate of drug-likeness (QED) is 0.0577. The number of ether oxygens (including phenoxy) is 3. The second-order valence-electron chi connectivity index (χ2n) is 16.9. The highest BCUT2D eigenvalue weighted by Gasteiger charge is 2.37. The summed E-state index contributed by atoms with van der Waals surface area (Å²) in [5.41, 5.74) is 1.47. The van der Waals surface area contributed by atoms with Crippen LogP contribution in [0.3, 0.4) is 0 Å². The summed E-state index contributed by atoms with van der Waals surface area (Å²) in [7, 11) is 1.56. The third-order valence-corrected chi connectivity index (χ3v) is 11.1. The second kappa shape index (κ2) is 22.5. The van der Waals surface area contributed by atoms with E-state index in [1.54, 1.807) is 54.9 Å². The number of carbonyl (C=O) groups excluding carboxylic acids is 2. The number of aliphatic hydroxyl groups is 1. The lowest BCUT2D eigenvalue weighted by atomic mass is 10.1. The van der Waals surface area contributed by atoms with Crippen LogP contribution in [-0.4, -0.2) is 77.0 Å². The van der Waals surface area contributed by atoms with Crippen LogP contribution in [0, 0.1) is 23.3 Å². The topological polar surface area (TPSA) is 200 Å². The summed E-state index contributed by atoms with van der Waals surface area (Å²) in [6.07, 6.45) is 14.9. The molecule has 18 nitrogen and oxygen atoms in total. The van der Waals surface area contributed by atoms with Gasteiger partial charge in [0.2, 0.25) is 11.6 Å². The van der Waals surface area contributed by atoms with Gasteiger partial charge in [0.25, 0.3) is 0 Å². The summed E-state index contributed by atoms with van der Waals surface area (Å²) in [5, 5.41) is 23.5. The molecular formula is C51H48F4N12O6. The average Bonchev–Trinajstić information content (AvgIpc) is 4.07. The first-order valence-electron chi connectivity index (χ1n) is 22.7. The molecule has 0 radical (unpaired) electrons. The number of nitrogens with zero attached hydrogens (tertiary/aromatic N) is 10. The number of hydrazine groups is 1. The third-order valence-electron chi connectivity index (χ3n) is 11.1. The van der Waals surface area contributed by atoms with Gasteiger partial charge in [-0.1, -0.05) is 27.7 Å². The largest absolute Gasteiger partial charge is 0.454 e. The number of rotatable bonds is 17. The standard InChI is InChI=1S/C51H48F4N12O6/c1-30(2)32-18-36(26-56-22-32)62-50(69)66(42-6-8-44(48(54)46(42)52)72-38-10-12-58-40(20-38)34-24-60-64(28-34)14-16-68)67(51(70)63-37-19-33(31(3)4)23-57-27-37)43-7-9-45(49(55)47(43)53)73-39-11-13-59-41(21-39)35-25-61-65(29-35)15-17-71-5/h6-13,18-31,68H,14-17H2,1-5H3,(H,62,69)(H,63,70). The number of pyridine rings is 4. The minimum Gasteiger partial charge on any atom is -0.454 e. The van der Waals surface area contributed by atoms with E-state index in [-0.39, 0.29) is 47.9 Å². The van der Waals surface area contributed by atoms with Crippen molar-refractivity contribution in [2.45, 2.75) is 52.6 Å². The number of benzene rings is 2. The van der Waals surface area contributed by atoms with Gasteiger partial charge < -0.3 is 30.0 Å². The van der Waals surface area contributed by atoms with Crippen molar-refractivity contribution in [1.29, 1.82) is 0 Å². The van der Waals surface area contributed by atoms with Crippen LogP contribution in [0.15, 0.2) is 123 Å². The number of hydrogen-bond acceptors (Lipinski definition) is 12. The van der Waals surface area contributed by atoms with Crippen molar-refractivity contribution in [3.8, 4) is 45.5 Å². The average molecular weight is 1000 g/mol. The van der Waals surface area contributed by atoms with Crippen molar-refractivity contribution in [1.82, 2.24) is 39.5 Å². The predicted molar refractivity (Wildman–Crippen MR) is 262 cm³/mol. The highest BCUT2D eigenvalue weighted by molar-refractivity contribution is 6.13. The molecule has 0 aliphatic carbocycles. The number of halogens is 4. The second-order valence-corrected chi connectivity index (χ2v) is 16.9. The van der Waals surface area contributed by atoms with E-state index in [1.807, 2.05) is 27.7 Å². The zero-order valence-electron chi connectivity index (χ0n) is 40.0. The van der Waals surface area contributed by atoms with Crippen LogP contribution in [0.25, 0.3) is 22.5 Å². The first-order valence-corrected chi connectivity index (χ1v) is 22.7. The highest BCUT2D eigenvalue weighted by atomic mass is 19.2. The Bertz CT molecular complexity index is 3260. The Morgan fingerprint density at radius 2 is 1.07 bits per heavy atom. The molecule has 0 spiro atoms. The fraction of sp³-hybridized carbons (Fsp3) is 0.216. The maximum Gasteiger partial charge on any atom is 0.346 e. The van der Waals surface area contributed by atoms with Crippen LogP contribution in [-0.2, 0) is 17.8 Å². The maximum atomic E-state index is 17.0. The Morgan fingerprint density at radius 3 is 1.49 bits per heavy atom. The number of aliphatic hydroxyl groups excluding tert-OH is 1. The molecule has 376 valence electrons. The molecule has 8 aromatic rings. The lowest BCUT2D eigenvalue weighted by molar-refractivity contribution is 0.183. The first kappa shape index (κ1) is 50.6. The fourth-order valence-corrected chi connectivity index (χ4v) is 7.22. The molecule has 0 fully saturated rings. The molecule has 0 atom stereocenters. The number of carbonyl (C=O) groups is 2. The van der Waals surface area contributed by atoms with E-state index in [4.69, 9.17) is 14.2 Å². The number of methoxy groups -OCH3 is 1. The minimum atomic E-state index is -1.74. The summed E-state index contributed by atoms with van der Waals surface area (Å²) >= 11 is 0. The van der Waals surface area contributed by atoms with Gasteiger partial charge in [-0.2, -0.15) is 29.0 Å². The van der Waals surface area contributed by atoms with Crippen LogP contribution >= 0.6 is 0 Å². The van der Waals surface area contributed by atoms with Crippen LogP contribution in [0.5, 0.6) is 23.0 Å². The van der Waals surface area contributed by atoms with E-state index in [2.05, 4.69) is 40.8 Å². The van der Waals surface area contributed by atoms with Gasteiger partial charge in [-0.25, -0.2) is 18.4 Å². The number of aromatic nitrogens is 8. The van der Waals surface area contributed by atoms with E-state index >= 15 is 17.6 Å². The molecule has 3 N–H and O–H groups in total. The number of urea groups is 2. The number of amides is 4. The first-order chi connectivity index (χ1) is 35.2. The number of hydrogen-bond donors (Lipinski definition) is 3. The summed E-state index contributed by atoms with van der Waals surface area (Å²) in [4.78, 5) is 46.7. The number of nitrogens with one attached hydrogen (secondary N) is 2. The summed E-state index contributed by atoms with van der Waals surface area (Å²) < 4.78 is 87.0. The van der Waals surface area contributed by atoms with Crippen molar-refractivity contribution in [2.75, 3.05) is 41.0 Å². The molecule has 8 rings (SSSR count). The smallest absolute Gasteiger partial charge is 0.346 e. The molecular weight excluding hydrogens is 953 g/mol. The molecule has 0 saturated carbocycles. The summed E-state index contributed by atoms with van der Waals surface area (Å²) in [5.74, 6) is -8.09. The Balaban J connectivity index is 1.21. The molecule has 6 heterocycles. The van der Waals surface area contributed by atoms with Gasteiger partial charge in [0.05, 0.1) is 73.9 Å². The minimum absolute atomic E-state index is 0.0215. The van der Waals surface area contributed by atoms with Gasteiger partial charge in [0, 0.05) is 67.6 Å². The third kappa shape index (κ3) is 11.7. The van der Waals surface area contributed by atoms with Gasteiger partial charge in [-0.05, 0) is 71.5 Å². The van der Waals surface area contributed by atoms with Gasteiger partial charge in [0.15, 0.2) is 23.1 Å². The van der Waals surface area contributed by atoms with Crippen molar-refractivity contribution in [2.24, 2.45) is 0 Å². The summed E-state index contributed by atoms with van der Waals surface area (Å²) in [6, 6.07) is 10.0.